The molecule has 2 heteroatoms. The second kappa shape index (κ2) is 10.6. The van der Waals surface area contributed by atoms with Gasteiger partial charge in [0.15, 0.2) is 0 Å². The molecule has 0 heterocycles. The Morgan fingerprint density at radius 2 is 1.42 bits per heavy atom. The maximum atomic E-state index is 10.2. The van der Waals surface area contributed by atoms with Crippen LogP contribution >= 0.6 is 0 Å². The van der Waals surface area contributed by atoms with Crippen LogP contribution in [0.15, 0.2) is 0 Å². The second-order valence-corrected chi connectivity index (χ2v) is 3.29. The van der Waals surface area contributed by atoms with Gasteiger partial charge in [0.25, 0.3) is 0 Å². The summed E-state index contributed by atoms with van der Waals surface area (Å²) in [6, 6.07) is 0. The molecule has 0 rings (SSSR count). The first kappa shape index (κ1) is 17.6. The topological polar surface area (TPSA) is 43.1 Å². The van der Waals surface area contributed by atoms with E-state index in [-0.39, 0.29) is 11.3 Å². The van der Waals surface area contributed by atoms with Gasteiger partial charge in [-0.15, -0.1) is 0 Å². The van der Waals surface area contributed by atoms with Gasteiger partial charge in [-0.1, -0.05) is 41.5 Å². The molecule has 0 saturated heterocycles. The van der Waals surface area contributed by atoms with Crippen molar-refractivity contribution >= 4 is 6.29 Å². The number of hydrogen-bond donors (Lipinski definition) is 1. The summed E-state index contributed by atoms with van der Waals surface area (Å²) in [7, 11) is 1.50. The molecule has 2 nitrogen and oxygen atoms in total. The van der Waals surface area contributed by atoms with Gasteiger partial charge in [-0.05, 0) is 12.5 Å². The Morgan fingerprint density at radius 3 is 1.42 bits per heavy atom. The smallest absolute Gasteiger partial charge is 0.123 e. The summed E-state index contributed by atoms with van der Waals surface area (Å²) >= 11 is 0. The highest BCUT2D eigenvalue weighted by Crippen LogP contribution is 2.22. The summed E-state index contributed by atoms with van der Waals surface area (Å²) in [5.74, 6) is 0.169. The Balaban J connectivity index is -0.000000175. The van der Waals surface area contributed by atoms with Gasteiger partial charge >= 0.3 is 0 Å². The Labute approximate surface area is 77.5 Å². The largest absolute Gasteiger partial charge is 0.333 e. The molecule has 0 aromatic carbocycles. The fourth-order valence-electron chi connectivity index (χ4n) is 0.204. The first-order valence-corrected chi connectivity index (χ1v) is 4.51. The highest BCUT2D eigenvalue weighted by Gasteiger charge is 2.18. The molecule has 0 bridgehead atoms. The van der Waals surface area contributed by atoms with Gasteiger partial charge in [-0.25, -0.2) is 0 Å². The van der Waals surface area contributed by atoms with E-state index in [1.165, 1.54) is 7.05 Å². The predicted molar refractivity (Wildman–Crippen MR) is 56.1 cm³/mol. The Bertz CT molecular complexity index is 84.3. The lowest BCUT2D eigenvalue weighted by molar-refractivity contribution is -0.113. The molecule has 1 unspecified atom stereocenters. The first-order valence-electron chi connectivity index (χ1n) is 4.51. The van der Waals surface area contributed by atoms with Crippen LogP contribution in [0.5, 0.6) is 0 Å². The molecule has 0 amide bonds. The van der Waals surface area contributed by atoms with Crippen molar-refractivity contribution in [3.63, 3.8) is 0 Å². The normalized spacial score (nSPS) is 11.3. The Hall–Kier alpha value is -0.370. The predicted octanol–water partition coefficient (Wildman–Crippen LogP) is 2.47. The van der Waals surface area contributed by atoms with E-state index in [0.29, 0.717) is 0 Å². The lowest BCUT2D eigenvalue weighted by Crippen LogP contribution is -2.17. The van der Waals surface area contributed by atoms with Crippen LogP contribution in [-0.4, -0.2) is 13.3 Å². The third-order valence-corrected chi connectivity index (χ3v) is 1.57. The first-order chi connectivity index (χ1) is 5.48. The average Bonchev–Trinajstić information content (AvgIpc) is 2.08. The zero-order valence-electron chi connectivity index (χ0n) is 9.64. The van der Waals surface area contributed by atoms with E-state index in [9.17, 15) is 4.79 Å². The van der Waals surface area contributed by atoms with Crippen molar-refractivity contribution < 1.29 is 4.79 Å². The minimum Gasteiger partial charge on any atom is -0.333 e. The molecule has 0 fully saturated rings. The molecule has 76 valence electrons. The number of nitrogens with two attached hydrogens (primary N) is 1. The summed E-state index contributed by atoms with van der Waals surface area (Å²) in [4.78, 5) is 10.2. The van der Waals surface area contributed by atoms with Crippen LogP contribution in [0.4, 0.5) is 0 Å². The van der Waals surface area contributed by atoms with Gasteiger partial charge in [0.2, 0.25) is 0 Å². The maximum absolute atomic E-state index is 10.2. The average molecular weight is 175 g/mol. The van der Waals surface area contributed by atoms with Gasteiger partial charge in [-0.2, -0.15) is 0 Å². The van der Waals surface area contributed by atoms with Gasteiger partial charge in [0, 0.05) is 5.92 Å². The number of hydrogen-bond acceptors (Lipinski definition) is 2. The summed E-state index contributed by atoms with van der Waals surface area (Å²) in [6.45, 7) is 12.1. The van der Waals surface area contributed by atoms with E-state index < -0.39 is 0 Å². The van der Waals surface area contributed by atoms with E-state index in [0.717, 1.165) is 6.29 Å². The van der Waals surface area contributed by atoms with Crippen molar-refractivity contribution in [1.29, 1.82) is 0 Å². The van der Waals surface area contributed by atoms with Crippen LogP contribution in [0.25, 0.3) is 0 Å². The molecule has 1 atom stereocenters. The van der Waals surface area contributed by atoms with E-state index in [2.05, 4.69) is 26.5 Å². The van der Waals surface area contributed by atoms with E-state index in [4.69, 9.17) is 0 Å². The summed E-state index contributed by atoms with van der Waals surface area (Å²) < 4.78 is 0. The number of rotatable bonds is 1. The van der Waals surface area contributed by atoms with Crippen LogP contribution in [0, 0.1) is 11.3 Å². The van der Waals surface area contributed by atoms with Crippen LogP contribution < -0.4 is 5.73 Å². The van der Waals surface area contributed by atoms with Crippen LogP contribution in [-0.2, 0) is 4.79 Å². The van der Waals surface area contributed by atoms with Crippen molar-refractivity contribution in [2.45, 2.75) is 41.5 Å². The van der Waals surface area contributed by atoms with Crippen molar-refractivity contribution in [2.24, 2.45) is 17.1 Å². The highest BCUT2D eigenvalue weighted by atomic mass is 16.1. The fourth-order valence-corrected chi connectivity index (χ4v) is 0.204. The SMILES string of the molecule is CC.CC(C=O)C(C)(C)C.CN. The molecule has 0 radical (unpaired) electrons. The molecule has 0 aliphatic rings. The Kier molecular flexibility index (Phi) is 15.6. The quantitative estimate of drug-likeness (QED) is 0.622. The zero-order valence-corrected chi connectivity index (χ0v) is 9.64. The number of carbonyl (C=O) groups is 1. The van der Waals surface area contributed by atoms with Crippen LogP contribution in [0.3, 0.4) is 0 Å². The zero-order chi connectivity index (χ0) is 10.8. The van der Waals surface area contributed by atoms with E-state index in [1.807, 2.05) is 20.8 Å². The summed E-state index contributed by atoms with van der Waals surface area (Å²) in [5.41, 5.74) is 4.64. The monoisotopic (exact) mass is 175 g/mol. The van der Waals surface area contributed by atoms with Gasteiger partial charge < -0.3 is 10.5 Å². The number of aldehydes is 1. The number of carbonyl (C=O) groups excluding carboxylic acids is 1. The molecule has 2 N–H and O–H groups in total. The third kappa shape index (κ3) is 12.3. The van der Waals surface area contributed by atoms with Crippen molar-refractivity contribution in [2.75, 3.05) is 7.05 Å². The van der Waals surface area contributed by atoms with Crippen molar-refractivity contribution in [1.82, 2.24) is 0 Å². The van der Waals surface area contributed by atoms with Crippen LogP contribution in [0.1, 0.15) is 41.5 Å². The highest BCUT2D eigenvalue weighted by molar-refractivity contribution is 5.53. The minimum atomic E-state index is 0.141. The third-order valence-electron chi connectivity index (χ3n) is 1.57. The van der Waals surface area contributed by atoms with Crippen molar-refractivity contribution in [3.8, 4) is 0 Å². The molecule has 0 aliphatic heterocycles. The molecular weight excluding hydrogens is 150 g/mol. The summed E-state index contributed by atoms with van der Waals surface area (Å²) in [6.07, 6.45) is 1.00. The van der Waals surface area contributed by atoms with Crippen molar-refractivity contribution in [3.05, 3.63) is 0 Å². The molecule has 0 spiro atoms. The maximum Gasteiger partial charge on any atom is 0.123 e. The standard InChI is InChI=1S/C7H14O.C2H6.CH5N/c1-6(5-8)7(2,3)4;2*1-2/h5-6H,1-4H3;1-2H3;2H2,1H3. The molecular formula is C10H25NO. The lowest BCUT2D eigenvalue weighted by atomic mass is 9.83. The fraction of sp³-hybridized carbons (Fsp3) is 0.900. The molecule has 0 saturated carbocycles. The minimum absolute atomic E-state index is 0.141. The van der Waals surface area contributed by atoms with Crippen LogP contribution in [0.2, 0.25) is 0 Å². The van der Waals surface area contributed by atoms with Gasteiger partial charge in [0.1, 0.15) is 6.29 Å². The van der Waals surface area contributed by atoms with E-state index in [1.54, 1.807) is 0 Å². The molecule has 0 aromatic rings. The van der Waals surface area contributed by atoms with Gasteiger partial charge in [0.05, 0.1) is 0 Å². The Morgan fingerprint density at radius 1 is 1.17 bits per heavy atom. The molecule has 0 aromatic heterocycles. The summed E-state index contributed by atoms with van der Waals surface area (Å²) in [5, 5.41) is 0. The van der Waals surface area contributed by atoms with E-state index >= 15 is 0 Å². The molecule has 12 heavy (non-hydrogen) atoms. The second-order valence-electron chi connectivity index (χ2n) is 3.29. The lowest BCUT2D eigenvalue weighted by Gasteiger charge is -2.21. The molecule has 0 aliphatic carbocycles. The van der Waals surface area contributed by atoms with Gasteiger partial charge in [-0.3, -0.25) is 0 Å².